The van der Waals surface area contributed by atoms with Gasteiger partial charge in [-0.15, -0.1) is 5.10 Å². The number of aromatic nitrogens is 2. The summed E-state index contributed by atoms with van der Waals surface area (Å²) in [5, 5.41) is 12.2. The largest absolute Gasteiger partial charge is 0.570 e. The van der Waals surface area contributed by atoms with Crippen LogP contribution in [0, 0.1) is 0 Å². The lowest BCUT2D eigenvalue weighted by atomic mass is 10.2. The second-order valence-electron chi connectivity index (χ2n) is 3.93. The van der Waals surface area contributed by atoms with Crippen LogP contribution in [0.2, 0.25) is 0 Å². The van der Waals surface area contributed by atoms with Crippen molar-refractivity contribution >= 4 is 29.7 Å². The summed E-state index contributed by atoms with van der Waals surface area (Å²) in [7, 11) is 0.479. The number of rotatable bonds is 2. The van der Waals surface area contributed by atoms with Crippen LogP contribution in [0.1, 0.15) is 20.8 Å². The highest BCUT2D eigenvalue weighted by molar-refractivity contribution is 9.10. The van der Waals surface area contributed by atoms with Crippen molar-refractivity contribution < 1.29 is 19.2 Å². The SMILES string of the molecule is CC(C)(C)OC(=O)n1cc(Br)c(O[B]O)n1. The predicted molar refractivity (Wildman–Crippen MR) is 60.2 cm³/mol. The Morgan fingerprint density at radius 1 is 1.62 bits per heavy atom. The van der Waals surface area contributed by atoms with Crippen molar-refractivity contribution in [1.29, 1.82) is 0 Å². The van der Waals surface area contributed by atoms with E-state index in [4.69, 9.17) is 9.76 Å². The van der Waals surface area contributed by atoms with Gasteiger partial charge < -0.3 is 14.4 Å². The van der Waals surface area contributed by atoms with E-state index < -0.39 is 11.7 Å². The minimum absolute atomic E-state index is 0.0772. The molecule has 0 aliphatic heterocycles. The van der Waals surface area contributed by atoms with Gasteiger partial charge >= 0.3 is 13.8 Å². The molecule has 0 atom stereocenters. The zero-order chi connectivity index (χ0) is 12.3. The van der Waals surface area contributed by atoms with Crippen molar-refractivity contribution in [3.05, 3.63) is 10.7 Å². The maximum absolute atomic E-state index is 11.6. The number of nitrogens with zero attached hydrogens (tertiary/aromatic N) is 2. The van der Waals surface area contributed by atoms with Crippen molar-refractivity contribution in [1.82, 2.24) is 9.78 Å². The Morgan fingerprint density at radius 2 is 2.25 bits per heavy atom. The summed E-state index contributed by atoms with van der Waals surface area (Å²) in [5.74, 6) is 0.0772. The zero-order valence-electron chi connectivity index (χ0n) is 9.10. The number of hydrogen-bond acceptors (Lipinski definition) is 5. The van der Waals surface area contributed by atoms with Gasteiger partial charge in [0.15, 0.2) is 0 Å². The summed E-state index contributed by atoms with van der Waals surface area (Å²) >= 11 is 3.12. The Balaban J connectivity index is 2.81. The highest BCUT2D eigenvalue weighted by Crippen LogP contribution is 2.22. The fourth-order valence-electron chi connectivity index (χ4n) is 0.869. The molecule has 0 amide bonds. The van der Waals surface area contributed by atoms with E-state index in [1.165, 1.54) is 6.20 Å². The van der Waals surface area contributed by atoms with Gasteiger partial charge in [-0.2, -0.15) is 4.68 Å². The van der Waals surface area contributed by atoms with Gasteiger partial charge in [-0.1, -0.05) is 0 Å². The predicted octanol–water partition coefficient (Wildman–Crippen LogP) is 1.33. The van der Waals surface area contributed by atoms with Crippen molar-refractivity contribution in [2.45, 2.75) is 26.4 Å². The van der Waals surface area contributed by atoms with E-state index in [0.29, 0.717) is 12.2 Å². The standard InChI is InChI=1S/C8H11BBrN2O4/c1-8(2,3)15-7(13)12-4-5(10)6(11-12)16-9-14/h4,14H,1-3H3. The van der Waals surface area contributed by atoms with E-state index in [9.17, 15) is 4.79 Å². The van der Waals surface area contributed by atoms with Crippen molar-refractivity contribution in [3.8, 4) is 5.88 Å². The molecule has 0 unspecified atom stereocenters. The van der Waals surface area contributed by atoms with Gasteiger partial charge in [0.05, 0.1) is 10.7 Å². The molecule has 1 rings (SSSR count). The molecule has 16 heavy (non-hydrogen) atoms. The smallest absolute Gasteiger partial charge is 0.522 e. The number of ether oxygens (including phenoxy) is 1. The van der Waals surface area contributed by atoms with Crippen molar-refractivity contribution in [2.75, 3.05) is 0 Å². The van der Waals surface area contributed by atoms with Gasteiger partial charge in [0, 0.05) is 0 Å². The van der Waals surface area contributed by atoms with Gasteiger partial charge in [-0.3, -0.25) is 0 Å². The molecule has 8 heteroatoms. The average molecular weight is 290 g/mol. The summed E-state index contributed by atoms with van der Waals surface area (Å²) in [6.07, 6.45) is 0.758. The molecule has 1 aromatic rings. The first kappa shape index (κ1) is 13.1. The Bertz CT molecular complexity index is 388. The Hall–Kier alpha value is -1.02. The van der Waals surface area contributed by atoms with E-state index in [1.807, 2.05) is 0 Å². The van der Waals surface area contributed by atoms with Crippen LogP contribution < -0.4 is 4.65 Å². The first-order valence-electron chi connectivity index (χ1n) is 4.44. The topological polar surface area (TPSA) is 73.6 Å². The third-order valence-electron chi connectivity index (χ3n) is 1.38. The zero-order valence-corrected chi connectivity index (χ0v) is 10.7. The van der Waals surface area contributed by atoms with Gasteiger partial charge in [0.25, 0.3) is 0 Å². The fourth-order valence-corrected chi connectivity index (χ4v) is 1.24. The van der Waals surface area contributed by atoms with Crippen molar-refractivity contribution in [3.63, 3.8) is 0 Å². The Labute approximate surface area is 102 Å². The molecule has 6 nitrogen and oxygen atoms in total. The normalized spacial score (nSPS) is 11.1. The minimum atomic E-state index is -0.624. The van der Waals surface area contributed by atoms with Crippen LogP contribution in [0.5, 0.6) is 5.88 Å². The van der Waals surface area contributed by atoms with Crippen LogP contribution in [0.4, 0.5) is 4.79 Å². The van der Waals surface area contributed by atoms with Crippen LogP contribution in [-0.4, -0.2) is 34.2 Å². The molecule has 0 spiro atoms. The lowest BCUT2D eigenvalue weighted by Crippen LogP contribution is -2.27. The highest BCUT2D eigenvalue weighted by atomic mass is 79.9. The second-order valence-corrected chi connectivity index (χ2v) is 4.78. The molecule has 0 aromatic carbocycles. The molecule has 0 fully saturated rings. The minimum Gasteiger partial charge on any atom is -0.522 e. The number of carbonyl (C=O) groups excluding carboxylic acids is 1. The maximum atomic E-state index is 11.6. The molecule has 0 aliphatic rings. The lowest BCUT2D eigenvalue weighted by Gasteiger charge is -2.18. The Kier molecular flexibility index (Phi) is 3.98. The summed E-state index contributed by atoms with van der Waals surface area (Å²) in [5.41, 5.74) is -0.598. The van der Waals surface area contributed by atoms with Gasteiger partial charge in [-0.25, -0.2) is 4.79 Å². The molecule has 1 radical (unpaired) electrons. The molecule has 0 saturated carbocycles. The van der Waals surface area contributed by atoms with Crippen LogP contribution in [0.15, 0.2) is 10.7 Å². The molecule has 1 aromatic heterocycles. The van der Waals surface area contributed by atoms with Crippen LogP contribution in [0.3, 0.4) is 0 Å². The van der Waals surface area contributed by atoms with E-state index in [1.54, 1.807) is 20.8 Å². The van der Waals surface area contributed by atoms with Gasteiger partial charge in [-0.05, 0) is 36.7 Å². The summed E-state index contributed by atoms with van der Waals surface area (Å²) < 4.78 is 11.1. The van der Waals surface area contributed by atoms with E-state index >= 15 is 0 Å². The van der Waals surface area contributed by atoms with E-state index in [-0.39, 0.29) is 5.88 Å². The third-order valence-corrected chi connectivity index (χ3v) is 1.93. The first-order valence-corrected chi connectivity index (χ1v) is 5.24. The number of halogens is 1. The quantitative estimate of drug-likeness (QED) is 0.832. The summed E-state index contributed by atoms with van der Waals surface area (Å²) in [6.45, 7) is 5.26. The molecule has 0 saturated heterocycles. The van der Waals surface area contributed by atoms with Crippen LogP contribution in [-0.2, 0) is 4.74 Å². The number of carbonyl (C=O) groups is 1. The number of hydrogen-bond donors (Lipinski definition) is 1. The maximum Gasteiger partial charge on any atom is 0.570 e. The monoisotopic (exact) mass is 289 g/mol. The molecule has 1 heterocycles. The lowest BCUT2D eigenvalue weighted by molar-refractivity contribution is 0.0513. The van der Waals surface area contributed by atoms with Crippen LogP contribution in [0.25, 0.3) is 0 Å². The molecule has 1 N–H and O–H groups in total. The molecule has 87 valence electrons. The van der Waals surface area contributed by atoms with Gasteiger partial charge in [0.1, 0.15) is 5.60 Å². The molecule has 0 aliphatic carbocycles. The molecular formula is C8H11BBrN2O4. The Morgan fingerprint density at radius 3 is 2.75 bits per heavy atom. The van der Waals surface area contributed by atoms with Crippen molar-refractivity contribution in [2.24, 2.45) is 0 Å². The summed E-state index contributed by atoms with van der Waals surface area (Å²) in [6, 6.07) is 0. The van der Waals surface area contributed by atoms with E-state index in [2.05, 4.69) is 25.7 Å². The highest BCUT2D eigenvalue weighted by Gasteiger charge is 2.20. The third kappa shape index (κ3) is 3.53. The fraction of sp³-hybridized carbons (Fsp3) is 0.500. The average Bonchev–Trinajstić information content (AvgIpc) is 2.46. The van der Waals surface area contributed by atoms with E-state index in [0.717, 1.165) is 4.68 Å². The summed E-state index contributed by atoms with van der Waals surface area (Å²) in [4.78, 5) is 11.6. The second kappa shape index (κ2) is 4.88. The molecular weight excluding hydrogens is 279 g/mol. The molecule has 0 bridgehead atoms. The van der Waals surface area contributed by atoms with Gasteiger partial charge in [0.2, 0.25) is 5.88 Å². The van der Waals surface area contributed by atoms with Crippen LogP contribution >= 0.6 is 15.9 Å². The first-order chi connectivity index (χ1) is 7.33.